The lowest BCUT2D eigenvalue weighted by Gasteiger charge is -2.28. The van der Waals surface area contributed by atoms with Crippen molar-refractivity contribution in [3.8, 4) is 5.75 Å². The molecule has 2 aromatic rings. The van der Waals surface area contributed by atoms with Crippen molar-refractivity contribution in [3.05, 3.63) is 59.7 Å². The number of para-hydroxylation sites is 1. The van der Waals surface area contributed by atoms with E-state index in [4.69, 9.17) is 9.84 Å². The van der Waals surface area contributed by atoms with Crippen molar-refractivity contribution in [2.75, 3.05) is 5.32 Å². The quantitative estimate of drug-likeness (QED) is 0.901. The highest BCUT2D eigenvalue weighted by Gasteiger charge is 2.40. The Bertz CT molecular complexity index is 694. The summed E-state index contributed by atoms with van der Waals surface area (Å²) in [6, 6.07) is 14.7. The zero-order valence-electron chi connectivity index (χ0n) is 12.0. The molecule has 0 saturated carbocycles. The fourth-order valence-corrected chi connectivity index (χ4v) is 2.69. The van der Waals surface area contributed by atoms with Gasteiger partial charge in [-0.3, -0.25) is 0 Å². The van der Waals surface area contributed by atoms with Crippen LogP contribution in [0.25, 0.3) is 0 Å². The first-order chi connectivity index (χ1) is 9.97. The maximum absolute atomic E-state index is 11.1. The average molecular weight is 283 g/mol. The van der Waals surface area contributed by atoms with Gasteiger partial charge >= 0.3 is 5.97 Å². The average Bonchev–Trinajstić information content (AvgIpc) is 2.70. The fourth-order valence-electron chi connectivity index (χ4n) is 2.69. The lowest BCUT2D eigenvalue weighted by molar-refractivity contribution is 0.0697. The van der Waals surface area contributed by atoms with E-state index in [-0.39, 0.29) is 11.6 Å². The molecular formula is C17H17NO3. The van der Waals surface area contributed by atoms with Crippen molar-refractivity contribution in [1.29, 1.82) is 0 Å². The maximum atomic E-state index is 11.1. The minimum atomic E-state index is -0.930. The topological polar surface area (TPSA) is 58.6 Å². The molecular weight excluding hydrogens is 266 g/mol. The second-order valence-electron chi connectivity index (χ2n) is 5.71. The van der Waals surface area contributed by atoms with E-state index in [1.165, 1.54) is 0 Å². The molecule has 108 valence electrons. The molecule has 2 N–H and O–H groups in total. The molecule has 1 aliphatic rings. The van der Waals surface area contributed by atoms with Crippen LogP contribution in [0.15, 0.2) is 48.5 Å². The molecule has 4 heteroatoms. The Kier molecular flexibility index (Phi) is 3.09. The van der Waals surface area contributed by atoms with E-state index >= 15 is 0 Å². The number of aromatic carboxylic acids is 1. The van der Waals surface area contributed by atoms with Gasteiger partial charge in [-0.05, 0) is 38.1 Å². The van der Waals surface area contributed by atoms with Gasteiger partial charge in [-0.25, -0.2) is 4.79 Å². The Labute approximate surface area is 123 Å². The lowest BCUT2D eigenvalue weighted by atomic mass is 9.94. The lowest BCUT2D eigenvalue weighted by Crippen LogP contribution is -2.34. The van der Waals surface area contributed by atoms with Gasteiger partial charge in [0.25, 0.3) is 0 Å². The molecule has 21 heavy (non-hydrogen) atoms. The zero-order chi connectivity index (χ0) is 15.0. The summed E-state index contributed by atoms with van der Waals surface area (Å²) in [5.41, 5.74) is 1.73. The van der Waals surface area contributed by atoms with Crippen LogP contribution in [-0.4, -0.2) is 16.7 Å². The van der Waals surface area contributed by atoms with Crippen LogP contribution in [0.4, 0.5) is 5.69 Å². The van der Waals surface area contributed by atoms with E-state index in [0.717, 1.165) is 17.0 Å². The standard InChI is InChI=1S/C17H17NO3/c1-17(2)15(13-8-3-4-9-14(13)21-17)18-12-7-5-6-11(10-12)16(19)20/h3-10,15,18H,1-2H3,(H,19,20). The molecule has 2 aromatic carbocycles. The highest BCUT2D eigenvalue weighted by molar-refractivity contribution is 5.88. The monoisotopic (exact) mass is 283 g/mol. The summed E-state index contributed by atoms with van der Waals surface area (Å²) in [6.07, 6.45) is 0. The Balaban J connectivity index is 1.94. The molecule has 0 radical (unpaired) electrons. The van der Waals surface area contributed by atoms with Crippen LogP contribution < -0.4 is 10.1 Å². The van der Waals surface area contributed by atoms with Crippen LogP contribution in [-0.2, 0) is 0 Å². The smallest absolute Gasteiger partial charge is 0.335 e. The summed E-state index contributed by atoms with van der Waals surface area (Å²) in [5, 5.41) is 12.5. The molecule has 0 fully saturated rings. The molecule has 1 unspecified atom stereocenters. The summed E-state index contributed by atoms with van der Waals surface area (Å²) >= 11 is 0. The van der Waals surface area contributed by atoms with Crippen molar-refractivity contribution in [1.82, 2.24) is 0 Å². The van der Waals surface area contributed by atoms with Crippen molar-refractivity contribution >= 4 is 11.7 Å². The third-order valence-electron chi connectivity index (χ3n) is 3.72. The van der Waals surface area contributed by atoms with Crippen molar-refractivity contribution in [3.63, 3.8) is 0 Å². The summed E-state index contributed by atoms with van der Waals surface area (Å²) < 4.78 is 5.98. The van der Waals surface area contributed by atoms with Gasteiger partial charge in [0.05, 0.1) is 11.6 Å². The highest BCUT2D eigenvalue weighted by Crippen LogP contribution is 2.44. The molecule has 1 aliphatic heterocycles. The van der Waals surface area contributed by atoms with E-state index < -0.39 is 11.6 Å². The third kappa shape index (κ3) is 2.44. The second-order valence-corrected chi connectivity index (χ2v) is 5.71. The predicted octanol–water partition coefficient (Wildman–Crippen LogP) is 3.71. The Morgan fingerprint density at radius 1 is 1.19 bits per heavy atom. The molecule has 0 aromatic heterocycles. The van der Waals surface area contributed by atoms with Gasteiger partial charge < -0.3 is 15.2 Å². The van der Waals surface area contributed by atoms with Gasteiger partial charge in [-0.2, -0.15) is 0 Å². The first-order valence-electron chi connectivity index (χ1n) is 6.85. The Hall–Kier alpha value is -2.49. The molecule has 0 aliphatic carbocycles. The molecule has 1 heterocycles. The van der Waals surface area contributed by atoms with E-state index in [1.807, 2.05) is 44.2 Å². The first-order valence-corrected chi connectivity index (χ1v) is 6.85. The van der Waals surface area contributed by atoms with Crippen molar-refractivity contribution < 1.29 is 14.6 Å². The van der Waals surface area contributed by atoms with Crippen LogP contribution in [0.1, 0.15) is 35.8 Å². The normalized spacial score (nSPS) is 18.7. The minimum Gasteiger partial charge on any atom is -0.485 e. The highest BCUT2D eigenvalue weighted by atomic mass is 16.5. The number of benzene rings is 2. The summed E-state index contributed by atoms with van der Waals surface area (Å²) in [5.74, 6) is -0.0598. The number of carboxylic acid groups (broad SMARTS) is 1. The van der Waals surface area contributed by atoms with Gasteiger partial charge in [-0.1, -0.05) is 24.3 Å². The molecule has 0 spiro atoms. The van der Waals surface area contributed by atoms with E-state index in [0.29, 0.717) is 0 Å². The molecule has 0 amide bonds. The van der Waals surface area contributed by atoms with Crippen LogP contribution in [0.2, 0.25) is 0 Å². The zero-order valence-corrected chi connectivity index (χ0v) is 12.0. The molecule has 0 bridgehead atoms. The molecule has 1 atom stereocenters. The third-order valence-corrected chi connectivity index (χ3v) is 3.72. The SMILES string of the molecule is CC1(C)Oc2ccccc2C1Nc1cccc(C(=O)O)c1. The Morgan fingerprint density at radius 3 is 2.71 bits per heavy atom. The molecule has 3 rings (SSSR count). The number of hydrogen-bond donors (Lipinski definition) is 2. The van der Waals surface area contributed by atoms with Crippen LogP contribution in [0.5, 0.6) is 5.75 Å². The van der Waals surface area contributed by atoms with Gasteiger partial charge in [0.1, 0.15) is 11.4 Å². The van der Waals surface area contributed by atoms with Gasteiger partial charge in [-0.15, -0.1) is 0 Å². The maximum Gasteiger partial charge on any atom is 0.335 e. The summed E-state index contributed by atoms with van der Waals surface area (Å²) in [7, 11) is 0. The summed E-state index contributed by atoms with van der Waals surface area (Å²) in [6.45, 7) is 4.04. The van der Waals surface area contributed by atoms with E-state index in [2.05, 4.69) is 5.32 Å². The Morgan fingerprint density at radius 2 is 1.95 bits per heavy atom. The van der Waals surface area contributed by atoms with Gasteiger partial charge in [0.2, 0.25) is 0 Å². The molecule has 4 nitrogen and oxygen atoms in total. The van der Waals surface area contributed by atoms with Crippen LogP contribution in [0.3, 0.4) is 0 Å². The minimum absolute atomic E-state index is 0.0299. The molecule has 0 saturated heterocycles. The first kappa shape index (κ1) is 13.5. The largest absolute Gasteiger partial charge is 0.485 e. The fraction of sp³-hybridized carbons (Fsp3) is 0.235. The van der Waals surface area contributed by atoms with Gasteiger partial charge in [0.15, 0.2) is 0 Å². The van der Waals surface area contributed by atoms with Crippen LogP contribution >= 0.6 is 0 Å². The number of carbonyl (C=O) groups is 1. The number of rotatable bonds is 3. The van der Waals surface area contributed by atoms with Crippen molar-refractivity contribution in [2.24, 2.45) is 0 Å². The predicted molar refractivity (Wildman–Crippen MR) is 80.9 cm³/mol. The second kappa shape index (κ2) is 4.81. The number of fused-ring (bicyclic) bond motifs is 1. The van der Waals surface area contributed by atoms with Gasteiger partial charge in [0, 0.05) is 11.3 Å². The summed E-state index contributed by atoms with van der Waals surface area (Å²) in [4.78, 5) is 11.1. The van der Waals surface area contributed by atoms with E-state index in [1.54, 1.807) is 18.2 Å². The van der Waals surface area contributed by atoms with Crippen LogP contribution in [0, 0.1) is 0 Å². The van der Waals surface area contributed by atoms with Crippen molar-refractivity contribution in [2.45, 2.75) is 25.5 Å². The number of hydrogen-bond acceptors (Lipinski definition) is 3. The number of anilines is 1. The number of nitrogens with one attached hydrogen (secondary N) is 1. The number of ether oxygens (including phenoxy) is 1. The number of carboxylic acids is 1. The van der Waals surface area contributed by atoms with E-state index in [9.17, 15) is 4.79 Å².